The summed E-state index contributed by atoms with van der Waals surface area (Å²) >= 11 is 0. The Morgan fingerprint density at radius 1 is 1.50 bits per heavy atom. The molecular formula is C15H22N2O. The SMILES string of the molecule is CCC(C)(N)C(=O)N1CCCc2cccc(C)c21. The number of carbonyl (C=O) groups is 1. The maximum absolute atomic E-state index is 12.6. The highest BCUT2D eigenvalue weighted by Gasteiger charge is 2.34. The maximum Gasteiger partial charge on any atom is 0.246 e. The first-order valence-corrected chi connectivity index (χ1v) is 6.66. The fourth-order valence-corrected chi connectivity index (χ4v) is 2.51. The molecule has 2 rings (SSSR count). The Labute approximate surface area is 109 Å². The zero-order chi connectivity index (χ0) is 13.3. The second-order valence-electron chi connectivity index (χ2n) is 5.41. The van der Waals surface area contributed by atoms with Crippen molar-refractivity contribution in [2.45, 2.75) is 45.6 Å². The Morgan fingerprint density at radius 3 is 2.89 bits per heavy atom. The molecule has 0 aliphatic carbocycles. The van der Waals surface area contributed by atoms with E-state index in [4.69, 9.17) is 5.73 Å². The van der Waals surface area contributed by atoms with Crippen LogP contribution in [0.25, 0.3) is 0 Å². The van der Waals surface area contributed by atoms with Gasteiger partial charge in [-0.1, -0.05) is 25.1 Å². The zero-order valence-corrected chi connectivity index (χ0v) is 11.5. The highest BCUT2D eigenvalue weighted by atomic mass is 16.2. The van der Waals surface area contributed by atoms with Crippen molar-refractivity contribution in [3.05, 3.63) is 29.3 Å². The number of fused-ring (bicyclic) bond motifs is 1. The van der Waals surface area contributed by atoms with Gasteiger partial charge in [0.15, 0.2) is 0 Å². The molecule has 0 aromatic heterocycles. The quantitative estimate of drug-likeness (QED) is 0.871. The molecule has 3 nitrogen and oxygen atoms in total. The lowest BCUT2D eigenvalue weighted by Gasteiger charge is -2.36. The number of nitrogens with zero attached hydrogens (tertiary/aromatic N) is 1. The van der Waals surface area contributed by atoms with Crippen molar-refractivity contribution < 1.29 is 4.79 Å². The molecule has 3 heteroatoms. The van der Waals surface area contributed by atoms with Crippen LogP contribution < -0.4 is 10.6 Å². The molecular weight excluding hydrogens is 224 g/mol. The molecule has 1 aromatic carbocycles. The number of hydrogen-bond donors (Lipinski definition) is 1. The number of amides is 1. The van der Waals surface area contributed by atoms with E-state index in [0.29, 0.717) is 6.42 Å². The molecule has 0 saturated heterocycles. The number of para-hydroxylation sites is 1. The molecule has 1 unspecified atom stereocenters. The van der Waals surface area contributed by atoms with Gasteiger partial charge in [-0.05, 0) is 44.2 Å². The summed E-state index contributed by atoms with van der Waals surface area (Å²) in [5.41, 5.74) is 8.85. The van der Waals surface area contributed by atoms with Gasteiger partial charge in [0.2, 0.25) is 5.91 Å². The van der Waals surface area contributed by atoms with Crippen molar-refractivity contribution in [1.29, 1.82) is 0 Å². The maximum atomic E-state index is 12.6. The number of nitrogens with two attached hydrogens (primary N) is 1. The number of hydrogen-bond acceptors (Lipinski definition) is 2. The number of anilines is 1. The third-order valence-electron chi connectivity index (χ3n) is 3.89. The lowest BCUT2D eigenvalue weighted by molar-refractivity contribution is -0.123. The van der Waals surface area contributed by atoms with Gasteiger partial charge in [0.05, 0.1) is 5.54 Å². The Morgan fingerprint density at radius 2 is 2.22 bits per heavy atom. The van der Waals surface area contributed by atoms with E-state index in [9.17, 15) is 4.79 Å². The predicted octanol–water partition coefficient (Wildman–Crippen LogP) is 2.40. The van der Waals surface area contributed by atoms with E-state index in [2.05, 4.69) is 25.1 Å². The number of aryl methyl sites for hydroxylation is 2. The highest BCUT2D eigenvalue weighted by Crippen LogP contribution is 2.32. The standard InChI is InChI=1S/C15H22N2O/c1-4-15(3,16)14(18)17-10-6-9-12-8-5-7-11(2)13(12)17/h5,7-8H,4,6,9-10,16H2,1-3H3. The van der Waals surface area contributed by atoms with E-state index in [1.165, 1.54) is 5.56 Å². The summed E-state index contributed by atoms with van der Waals surface area (Å²) < 4.78 is 0. The van der Waals surface area contributed by atoms with Crippen LogP contribution in [0.4, 0.5) is 5.69 Å². The lowest BCUT2D eigenvalue weighted by atomic mass is 9.93. The van der Waals surface area contributed by atoms with Crippen LogP contribution in [0.1, 0.15) is 37.8 Å². The molecule has 98 valence electrons. The van der Waals surface area contributed by atoms with Gasteiger partial charge in [-0.25, -0.2) is 0 Å². The molecule has 1 heterocycles. The van der Waals surface area contributed by atoms with Crippen LogP contribution in [0, 0.1) is 6.92 Å². The average molecular weight is 246 g/mol. The Balaban J connectivity index is 2.42. The van der Waals surface area contributed by atoms with Crippen molar-refractivity contribution in [2.24, 2.45) is 5.73 Å². The molecule has 1 aromatic rings. The Hall–Kier alpha value is -1.35. The summed E-state index contributed by atoms with van der Waals surface area (Å²) in [5.74, 6) is 0.0419. The lowest BCUT2D eigenvalue weighted by Crippen LogP contribution is -2.54. The Kier molecular flexibility index (Phi) is 3.44. The van der Waals surface area contributed by atoms with Gasteiger partial charge in [-0.15, -0.1) is 0 Å². The summed E-state index contributed by atoms with van der Waals surface area (Å²) in [5, 5.41) is 0. The summed E-state index contributed by atoms with van der Waals surface area (Å²) in [6.07, 6.45) is 2.72. The third-order valence-corrected chi connectivity index (χ3v) is 3.89. The second-order valence-corrected chi connectivity index (χ2v) is 5.41. The first-order valence-electron chi connectivity index (χ1n) is 6.66. The summed E-state index contributed by atoms with van der Waals surface area (Å²) in [6.45, 7) is 6.62. The molecule has 1 atom stereocenters. The van der Waals surface area contributed by atoms with E-state index in [1.54, 1.807) is 0 Å². The smallest absolute Gasteiger partial charge is 0.246 e. The molecule has 0 saturated carbocycles. The minimum Gasteiger partial charge on any atom is -0.318 e. The molecule has 1 aliphatic rings. The fraction of sp³-hybridized carbons (Fsp3) is 0.533. The van der Waals surface area contributed by atoms with Gasteiger partial charge in [-0.3, -0.25) is 4.79 Å². The van der Waals surface area contributed by atoms with Crippen LogP contribution in [0.2, 0.25) is 0 Å². The van der Waals surface area contributed by atoms with Gasteiger partial charge >= 0.3 is 0 Å². The van der Waals surface area contributed by atoms with Crippen LogP contribution in [0.15, 0.2) is 18.2 Å². The summed E-state index contributed by atoms with van der Waals surface area (Å²) in [4.78, 5) is 14.5. The normalized spacial score (nSPS) is 18.1. The molecule has 0 radical (unpaired) electrons. The number of carbonyl (C=O) groups excluding carboxylic acids is 1. The Bertz CT molecular complexity index is 466. The third kappa shape index (κ3) is 2.15. The molecule has 0 bridgehead atoms. The molecule has 2 N–H and O–H groups in total. The van der Waals surface area contributed by atoms with Crippen LogP contribution in [-0.4, -0.2) is 18.0 Å². The van der Waals surface area contributed by atoms with Gasteiger partial charge in [0, 0.05) is 12.2 Å². The van der Waals surface area contributed by atoms with E-state index in [0.717, 1.165) is 30.6 Å². The first kappa shape index (κ1) is 13.1. The van der Waals surface area contributed by atoms with E-state index in [-0.39, 0.29) is 5.91 Å². The molecule has 1 amide bonds. The second kappa shape index (κ2) is 4.73. The monoisotopic (exact) mass is 246 g/mol. The van der Waals surface area contributed by atoms with Gasteiger partial charge in [0.25, 0.3) is 0 Å². The zero-order valence-electron chi connectivity index (χ0n) is 11.5. The molecule has 1 aliphatic heterocycles. The van der Waals surface area contributed by atoms with Crippen LogP contribution in [0.3, 0.4) is 0 Å². The fourth-order valence-electron chi connectivity index (χ4n) is 2.51. The highest BCUT2D eigenvalue weighted by molar-refractivity contribution is 6.01. The van der Waals surface area contributed by atoms with Crippen LogP contribution in [-0.2, 0) is 11.2 Å². The molecule has 0 spiro atoms. The van der Waals surface area contributed by atoms with Crippen LogP contribution in [0.5, 0.6) is 0 Å². The van der Waals surface area contributed by atoms with Crippen LogP contribution >= 0.6 is 0 Å². The van der Waals surface area contributed by atoms with Crippen molar-refractivity contribution in [2.75, 3.05) is 11.4 Å². The minimum absolute atomic E-state index is 0.0419. The summed E-state index contributed by atoms with van der Waals surface area (Å²) in [7, 11) is 0. The largest absolute Gasteiger partial charge is 0.318 e. The molecule has 0 fully saturated rings. The van der Waals surface area contributed by atoms with Crippen molar-refractivity contribution in [3.63, 3.8) is 0 Å². The van der Waals surface area contributed by atoms with Gasteiger partial charge < -0.3 is 10.6 Å². The predicted molar refractivity (Wildman–Crippen MR) is 74.7 cm³/mol. The number of benzene rings is 1. The van der Waals surface area contributed by atoms with E-state index in [1.807, 2.05) is 18.7 Å². The topological polar surface area (TPSA) is 46.3 Å². The van der Waals surface area contributed by atoms with E-state index < -0.39 is 5.54 Å². The van der Waals surface area contributed by atoms with E-state index >= 15 is 0 Å². The minimum atomic E-state index is -0.767. The number of rotatable bonds is 2. The first-order chi connectivity index (χ1) is 8.47. The average Bonchev–Trinajstić information content (AvgIpc) is 2.37. The van der Waals surface area contributed by atoms with Crippen molar-refractivity contribution in [1.82, 2.24) is 0 Å². The van der Waals surface area contributed by atoms with Gasteiger partial charge in [0.1, 0.15) is 0 Å². The summed E-state index contributed by atoms with van der Waals surface area (Å²) in [6, 6.07) is 6.23. The van der Waals surface area contributed by atoms with Crippen molar-refractivity contribution in [3.8, 4) is 0 Å². The van der Waals surface area contributed by atoms with Crippen molar-refractivity contribution >= 4 is 11.6 Å². The van der Waals surface area contributed by atoms with Gasteiger partial charge in [-0.2, -0.15) is 0 Å². The molecule has 18 heavy (non-hydrogen) atoms.